The second-order valence-electron chi connectivity index (χ2n) is 5.07. The molecular weight excluding hydrogens is 298 g/mol. The molecule has 1 aliphatic rings. The monoisotopic (exact) mass is 317 g/mol. The van der Waals surface area contributed by atoms with Crippen LogP contribution < -0.4 is 10.9 Å². The molecule has 0 amide bonds. The van der Waals surface area contributed by atoms with Gasteiger partial charge in [-0.1, -0.05) is 24.4 Å². The van der Waals surface area contributed by atoms with Gasteiger partial charge in [-0.3, -0.25) is 4.79 Å². The summed E-state index contributed by atoms with van der Waals surface area (Å²) in [5, 5.41) is 16.3. The Kier molecular flexibility index (Phi) is 5.35. The first kappa shape index (κ1) is 15.7. The Labute approximate surface area is 127 Å². The van der Waals surface area contributed by atoms with E-state index in [2.05, 4.69) is 16.7 Å². The number of aliphatic hydroxyl groups excluding tert-OH is 1. The first-order valence-corrected chi connectivity index (χ1v) is 8.38. The van der Waals surface area contributed by atoms with Crippen LogP contribution in [0.25, 0.3) is 0 Å². The van der Waals surface area contributed by atoms with E-state index in [0.717, 1.165) is 6.54 Å². The summed E-state index contributed by atoms with van der Waals surface area (Å²) in [4.78, 5) is 11.9. The molecule has 1 aromatic heterocycles. The van der Waals surface area contributed by atoms with Gasteiger partial charge in [-0.2, -0.15) is 16.9 Å². The highest BCUT2D eigenvalue weighted by molar-refractivity contribution is 8.00. The fourth-order valence-corrected chi connectivity index (χ4v) is 3.70. The van der Waals surface area contributed by atoms with Crippen LogP contribution in [0.2, 0.25) is 5.02 Å². The molecule has 0 bridgehead atoms. The van der Waals surface area contributed by atoms with Crippen molar-refractivity contribution in [1.29, 1.82) is 0 Å². The van der Waals surface area contributed by atoms with E-state index in [1.165, 1.54) is 30.4 Å². The molecule has 1 aliphatic carbocycles. The summed E-state index contributed by atoms with van der Waals surface area (Å²) in [7, 11) is 0. The molecule has 1 fully saturated rings. The van der Waals surface area contributed by atoms with Crippen LogP contribution in [0, 0.1) is 0 Å². The summed E-state index contributed by atoms with van der Waals surface area (Å²) < 4.78 is 1.41. The maximum atomic E-state index is 11.9. The third-order valence-corrected chi connectivity index (χ3v) is 5.63. The van der Waals surface area contributed by atoms with Crippen molar-refractivity contribution in [1.82, 2.24) is 9.78 Å². The van der Waals surface area contributed by atoms with Crippen LogP contribution in [0.1, 0.15) is 25.7 Å². The van der Waals surface area contributed by atoms with Gasteiger partial charge >= 0.3 is 0 Å². The predicted molar refractivity (Wildman–Crippen MR) is 83.8 cm³/mol. The van der Waals surface area contributed by atoms with E-state index < -0.39 is 0 Å². The van der Waals surface area contributed by atoms with Gasteiger partial charge in [0.1, 0.15) is 5.02 Å². The molecule has 0 aliphatic heterocycles. The molecule has 0 spiro atoms. The van der Waals surface area contributed by atoms with Gasteiger partial charge in [0.2, 0.25) is 0 Å². The van der Waals surface area contributed by atoms with E-state index in [0.29, 0.717) is 5.69 Å². The van der Waals surface area contributed by atoms with Crippen molar-refractivity contribution in [2.45, 2.75) is 37.0 Å². The van der Waals surface area contributed by atoms with Crippen LogP contribution >= 0.6 is 23.4 Å². The van der Waals surface area contributed by atoms with Crippen LogP contribution in [0.4, 0.5) is 5.69 Å². The molecule has 0 aromatic carbocycles. The maximum absolute atomic E-state index is 11.9. The summed E-state index contributed by atoms with van der Waals surface area (Å²) in [6, 6.07) is 0. The van der Waals surface area contributed by atoms with Crippen LogP contribution in [-0.2, 0) is 6.54 Å². The molecule has 20 heavy (non-hydrogen) atoms. The van der Waals surface area contributed by atoms with Crippen molar-refractivity contribution in [3.05, 3.63) is 21.6 Å². The SMILES string of the molecule is CSC1(CNc2cnn(CCO)c(=O)c2Cl)CCCC1. The maximum Gasteiger partial charge on any atom is 0.287 e. The van der Waals surface area contributed by atoms with E-state index in [1.54, 1.807) is 6.20 Å². The Balaban J connectivity index is 2.10. The largest absolute Gasteiger partial charge is 0.394 e. The van der Waals surface area contributed by atoms with E-state index in [4.69, 9.17) is 16.7 Å². The smallest absolute Gasteiger partial charge is 0.287 e. The lowest BCUT2D eigenvalue weighted by Gasteiger charge is -2.27. The summed E-state index contributed by atoms with van der Waals surface area (Å²) >= 11 is 7.96. The van der Waals surface area contributed by atoms with Gasteiger partial charge < -0.3 is 10.4 Å². The third kappa shape index (κ3) is 3.30. The number of anilines is 1. The lowest BCUT2D eigenvalue weighted by atomic mass is 10.1. The summed E-state index contributed by atoms with van der Waals surface area (Å²) in [5.74, 6) is 0. The number of hydrogen-bond acceptors (Lipinski definition) is 5. The number of rotatable bonds is 6. The Hall–Kier alpha value is -0.720. The fourth-order valence-electron chi connectivity index (χ4n) is 2.57. The molecule has 5 nitrogen and oxygen atoms in total. The number of aromatic nitrogens is 2. The lowest BCUT2D eigenvalue weighted by molar-refractivity contribution is 0.266. The van der Waals surface area contributed by atoms with Gasteiger partial charge in [0.15, 0.2) is 0 Å². The lowest BCUT2D eigenvalue weighted by Crippen LogP contribution is -2.31. The zero-order chi connectivity index (χ0) is 14.6. The van der Waals surface area contributed by atoms with Gasteiger partial charge in [0.25, 0.3) is 5.56 Å². The van der Waals surface area contributed by atoms with E-state index in [-0.39, 0.29) is 28.5 Å². The highest BCUT2D eigenvalue weighted by Crippen LogP contribution is 2.40. The van der Waals surface area contributed by atoms with Crippen LogP contribution in [0.15, 0.2) is 11.0 Å². The molecule has 1 aromatic rings. The second-order valence-corrected chi connectivity index (χ2v) is 6.72. The van der Waals surface area contributed by atoms with Crippen molar-refractivity contribution < 1.29 is 5.11 Å². The normalized spacial score (nSPS) is 17.4. The quantitative estimate of drug-likeness (QED) is 0.839. The van der Waals surface area contributed by atoms with Crippen molar-refractivity contribution in [2.75, 3.05) is 24.7 Å². The highest BCUT2D eigenvalue weighted by Gasteiger charge is 2.32. The number of nitrogens with zero attached hydrogens (tertiary/aromatic N) is 2. The number of halogens is 1. The summed E-state index contributed by atoms with van der Waals surface area (Å²) in [6.45, 7) is 0.818. The van der Waals surface area contributed by atoms with Gasteiger partial charge in [0.05, 0.1) is 25.0 Å². The number of aliphatic hydroxyl groups is 1. The average Bonchev–Trinajstić information content (AvgIpc) is 2.93. The minimum absolute atomic E-state index is 0.133. The summed E-state index contributed by atoms with van der Waals surface area (Å²) in [5.41, 5.74) is 0.210. The Morgan fingerprint density at radius 3 is 2.85 bits per heavy atom. The summed E-state index contributed by atoms with van der Waals surface area (Å²) in [6.07, 6.45) is 8.58. The molecule has 2 rings (SSSR count). The molecule has 0 atom stereocenters. The Morgan fingerprint density at radius 1 is 1.55 bits per heavy atom. The van der Waals surface area contributed by atoms with Crippen molar-refractivity contribution in [3.63, 3.8) is 0 Å². The van der Waals surface area contributed by atoms with Crippen molar-refractivity contribution >= 4 is 29.1 Å². The standard InChI is InChI=1S/C13H20ClN3O2S/c1-20-13(4-2-3-5-13)9-15-10-8-16-17(6-7-18)12(19)11(10)14/h8,15,18H,2-7,9H2,1H3. The number of hydrogen-bond donors (Lipinski definition) is 2. The first-order valence-electron chi connectivity index (χ1n) is 6.77. The zero-order valence-electron chi connectivity index (χ0n) is 11.6. The van der Waals surface area contributed by atoms with E-state index >= 15 is 0 Å². The first-order chi connectivity index (χ1) is 9.62. The van der Waals surface area contributed by atoms with Gasteiger partial charge in [-0.05, 0) is 19.1 Å². The van der Waals surface area contributed by atoms with Crippen molar-refractivity contribution in [3.8, 4) is 0 Å². The predicted octanol–water partition coefficient (Wildman–Crippen LogP) is 1.98. The minimum atomic E-state index is -0.365. The van der Waals surface area contributed by atoms with Gasteiger partial charge in [0, 0.05) is 11.3 Å². The molecular formula is C13H20ClN3O2S. The number of nitrogens with one attached hydrogen (secondary N) is 1. The molecule has 1 heterocycles. The van der Waals surface area contributed by atoms with Crippen LogP contribution in [0.5, 0.6) is 0 Å². The fraction of sp³-hybridized carbons (Fsp3) is 0.692. The molecule has 112 valence electrons. The van der Waals surface area contributed by atoms with Crippen LogP contribution in [-0.4, -0.2) is 39.0 Å². The Bertz CT molecular complexity index is 515. The molecule has 0 saturated heterocycles. The minimum Gasteiger partial charge on any atom is -0.394 e. The molecule has 7 heteroatoms. The molecule has 0 radical (unpaired) electrons. The highest BCUT2D eigenvalue weighted by atomic mass is 35.5. The van der Waals surface area contributed by atoms with E-state index in [1.807, 2.05) is 11.8 Å². The van der Waals surface area contributed by atoms with Gasteiger partial charge in [-0.25, -0.2) is 4.68 Å². The molecule has 1 saturated carbocycles. The molecule has 2 N–H and O–H groups in total. The van der Waals surface area contributed by atoms with Gasteiger partial charge in [-0.15, -0.1) is 0 Å². The van der Waals surface area contributed by atoms with E-state index in [9.17, 15) is 4.79 Å². The topological polar surface area (TPSA) is 67.2 Å². The zero-order valence-corrected chi connectivity index (χ0v) is 13.1. The Morgan fingerprint density at radius 2 is 2.25 bits per heavy atom. The van der Waals surface area contributed by atoms with Crippen molar-refractivity contribution in [2.24, 2.45) is 0 Å². The van der Waals surface area contributed by atoms with Crippen LogP contribution in [0.3, 0.4) is 0 Å². The second kappa shape index (κ2) is 6.83. The number of thioether (sulfide) groups is 1. The third-order valence-electron chi connectivity index (χ3n) is 3.85. The molecule has 0 unspecified atom stereocenters. The average molecular weight is 318 g/mol.